The van der Waals surface area contributed by atoms with Crippen LogP contribution in [0.2, 0.25) is 19.6 Å². The molecule has 34 heavy (non-hydrogen) atoms. The number of carbonyl (C=O) groups excluding carboxylic acids is 4. The van der Waals surface area contributed by atoms with Crippen LogP contribution in [0.4, 0.5) is 16.2 Å². The molecule has 2 aromatic rings. The van der Waals surface area contributed by atoms with Crippen LogP contribution < -0.4 is 20.6 Å². The third-order valence-electron chi connectivity index (χ3n) is 5.50. The van der Waals surface area contributed by atoms with Gasteiger partial charge in [-0.05, 0) is 23.8 Å². The van der Waals surface area contributed by atoms with Crippen LogP contribution in [-0.2, 0) is 14.4 Å². The van der Waals surface area contributed by atoms with Crippen molar-refractivity contribution in [3.63, 3.8) is 0 Å². The molecule has 2 aromatic carbocycles. The van der Waals surface area contributed by atoms with E-state index in [9.17, 15) is 19.2 Å². The fourth-order valence-electron chi connectivity index (χ4n) is 3.86. The van der Waals surface area contributed by atoms with Crippen LogP contribution >= 0.6 is 0 Å². The van der Waals surface area contributed by atoms with Crippen LogP contribution in [0.15, 0.2) is 36.4 Å². The van der Waals surface area contributed by atoms with Gasteiger partial charge in [0.15, 0.2) is 0 Å². The molecular formula is C24H30N4O5Si. The largest absolute Gasteiger partial charge is 0.497 e. The lowest BCUT2D eigenvalue weighted by Gasteiger charge is -2.26. The first kappa shape index (κ1) is 25.0. The molecule has 0 spiro atoms. The van der Waals surface area contributed by atoms with Crippen molar-refractivity contribution < 1.29 is 23.9 Å². The molecule has 0 saturated carbocycles. The normalized spacial score (nSPS) is 13.8. The van der Waals surface area contributed by atoms with Crippen LogP contribution in [0.25, 0.3) is 11.1 Å². The molecule has 0 bridgehead atoms. The average molecular weight is 483 g/mol. The highest BCUT2D eigenvalue weighted by Gasteiger charge is 2.35. The number of rotatable bonds is 7. The molecule has 3 rings (SSSR count). The van der Waals surface area contributed by atoms with E-state index in [4.69, 9.17) is 4.74 Å². The van der Waals surface area contributed by atoms with Crippen LogP contribution in [0.1, 0.15) is 6.92 Å². The predicted molar refractivity (Wildman–Crippen MR) is 134 cm³/mol. The Bertz CT molecular complexity index is 1140. The zero-order chi connectivity index (χ0) is 25.2. The van der Waals surface area contributed by atoms with Gasteiger partial charge in [-0.3, -0.25) is 19.3 Å². The van der Waals surface area contributed by atoms with Gasteiger partial charge >= 0.3 is 6.03 Å². The highest BCUT2D eigenvalue weighted by Crippen LogP contribution is 2.36. The number of likely N-dealkylation sites (N-methyl/N-ethyl adjacent to an activating group) is 1. The molecule has 1 saturated heterocycles. The number of benzene rings is 2. The maximum atomic E-state index is 13.1. The number of amides is 5. The number of anilines is 2. The molecule has 180 valence electrons. The van der Waals surface area contributed by atoms with E-state index in [1.807, 2.05) is 30.3 Å². The minimum Gasteiger partial charge on any atom is -0.497 e. The van der Waals surface area contributed by atoms with Gasteiger partial charge in [-0.2, -0.15) is 0 Å². The smallest absolute Gasteiger partial charge is 0.327 e. The summed E-state index contributed by atoms with van der Waals surface area (Å²) in [6.07, 6.45) is 0. The molecule has 1 aliphatic rings. The molecule has 0 radical (unpaired) electrons. The van der Waals surface area contributed by atoms with Gasteiger partial charge in [0.05, 0.1) is 26.6 Å². The van der Waals surface area contributed by atoms with E-state index in [1.165, 1.54) is 18.9 Å². The van der Waals surface area contributed by atoms with E-state index in [-0.39, 0.29) is 12.5 Å². The maximum absolute atomic E-state index is 13.1. The quantitative estimate of drug-likeness (QED) is 0.466. The molecule has 1 fully saturated rings. The third-order valence-corrected chi connectivity index (χ3v) is 7.53. The SMILES string of the molecule is COc1ccc(-c2c([Si](C)(C)C)ccc(NC(C)=O)c2NC(=O)CN2C(=O)CN(C)C2=O)cc1. The molecule has 0 aromatic heterocycles. The Morgan fingerprint density at radius 3 is 2.18 bits per heavy atom. The summed E-state index contributed by atoms with van der Waals surface area (Å²) in [5.74, 6) is -0.567. The Hall–Kier alpha value is -3.66. The second-order valence-electron chi connectivity index (χ2n) is 9.24. The molecule has 10 heteroatoms. The van der Waals surface area contributed by atoms with E-state index in [2.05, 4.69) is 30.3 Å². The number of carbonyl (C=O) groups is 4. The van der Waals surface area contributed by atoms with Crippen molar-refractivity contribution in [2.24, 2.45) is 0 Å². The summed E-state index contributed by atoms with van der Waals surface area (Å²) in [7, 11) is 1.18. The van der Waals surface area contributed by atoms with E-state index in [0.29, 0.717) is 17.1 Å². The second kappa shape index (κ2) is 9.68. The highest BCUT2D eigenvalue weighted by atomic mass is 28.3. The van der Waals surface area contributed by atoms with Gasteiger partial charge in [0, 0.05) is 19.5 Å². The molecule has 1 heterocycles. The molecule has 0 unspecified atom stereocenters. The lowest BCUT2D eigenvalue weighted by Crippen LogP contribution is -2.41. The zero-order valence-corrected chi connectivity index (χ0v) is 21.3. The first-order chi connectivity index (χ1) is 15.9. The summed E-state index contributed by atoms with van der Waals surface area (Å²) in [6, 6.07) is 10.7. The first-order valence-electron chi connectivity index (χ1n) is 10.9. The monoisotopic (exact) mass is 482 g/mol. The molecule has 2 N–H and O–H groups in total. The fraction of sp³-hybridized carbons (Fsp3) is 0.333. The standard InChI is InChI=1S/C24H30N4O5Si/c1-15(29)25-18-11-12-19(34(4,5)6)22(16-7-9-17(33-3)10-8-16)23(18)26-20(30)13-28-21(31)14-27(2)24(28)32/h7-12H,13-14H2,1-6H3,(H,25,29)(H,26,30). The van der Waals surface area contributed by atoms with E-state index in [0.717, 1.165) is 21.2 Å². The van der Waals surface area contributed by atoms with Gasteiger partial charge in [0.1, 0.15) is 18.8 Å². The summed E-state index contributed by atoms with van der Waals surface area (Å²) in [4.78, 5) is 51.5. The minimum atomic E-state index is -1.92. The summed E-state index contributed by atoms with van der Waals surface area (Å²) < 4.78 is 5.29. The van der Waals surface area contributed by atoms with Gasteiger partial charge in [-0.15, -0.1) is 0 Å². The van der Waals surface area contributed by atoms with Crippen molar-refractivity contribution in [2.45, 2.75) is 26.6 Å². The summed E-state index contributed by atoms with van der Waals surface area (Å²) >= 11 is 0. The Balaban J connectivity index is 2.11. The van der Waals surface area contributed by atoms with Gasteiger partial charge in [-0.25, -0.2) is 4.79 Å². The van der Waals surface area contributed by atoms with Crippen molar-refractivity contribution in [1.29, 1.82) is 0 Å². The number of ether oxygens (including phenoxy) is 1. The molecule has 9 nitrogen and oxygen atoms in total. The van der Waals surface area contributed by atoms with Crippen LogP contribution in [0, 0.1) is 0 Å². The summed E-state index contributed by atoms with van der Waals surface area (Å²) in [5.41, 5.74) is 2.49. The van der Waals surface area contributed by atoms with Gasteiger partial charge in [0.25, 0.3) is 5.91 Å². The maximum Gasteiger partial charge on any atom is 0.327 e. The topological polar surface area (TPSA) is 108 Å². The zero-order valence-electron chi connectivity index (χ0n) is 20.3. The number of nitrogens with one attached hydrogen (secondary N) is 2. The Labute approximate surface area is 200 Å². The number of methoxy groups -OCH3 is 1. The molecule has 0 aliphatic carbocycles. The number of imide groups is 1. The van der Waals surface area contributed by atoms with Crippen LogP contribution in [0.3, 0.4) is 0 Å². The van der Waals surface area contributed by atoms with Crippen molar-refractivity contribution in [2.75, 3.05) is 37.9 Å². The number of nitrogens with zero attached hydrogens (tertiary/aromatic N) is 2. The second-order valence-corrected chi connectivity index (χ2v) is 14.3. The molecule has 1 aliphatic heterocycles. The Morgan fingerprint density at radius 1 is 1.03 bits per heavy atom. The molecular weight excluding hydrogens is 452 g/mol. The number of hydrogen-bond acceptors (Lipinski definition) is 5. The van der Waals surface area contributed by atoms with E-state index < -0.39 is 32.5 Å². The number of urea groups is 1. The van der Waals surface area contributed by atoms with E-state index in [1.54, 1.807) is 13.2 Å². The summed E-state index contributed by atoms with van der Waals surface area (Å²) in [5, 5.41) is 6.75. The lowest BCUT2D eigenvalue weighted by atomic mass is 10.0. The average Bonchev–Trinajstić information content (AvgIpc) is 2.99. The first-order valence-corrected chi connectivity index (χ1v) is 14.4. The number of hydrogen-bond donors (Lipinski definition) is 2. The van der Waals surface area contributed by atoms with Gasteiger partial charge in [-0.1, -0.05) is 43.0 Å². The van der Waals surface area contributed by atoms with Crippen molar-refractivity contribution in [1.82, 2.24) is 9.80 Å². The predicted octanol–water partition coefficient (Wildman–Crippen LogP) is 2.70. The third kappa shape index (κ3) is 5.28. The Morgan fingerprint density at radius 2 is 1.68 bits per heavy atom. The van der Waals surface area contributed by atoms with Gasteiger partial charge < -0.3 is 20.3 Å². The molecule has 5 amide bonds. The van der Waals surface area contributed by atoms with Crippen LogP contribution in [-0.4, -0.2) is 68.9 Å². The summed E-state index contributed by atoms with van der Waals surface area (Å²) in [6.45, 7) is 7.48. The van der Waals surface area contributed by atoms with Crippen molar-refractivity contribution in [3.05, 3.63) is 36.4 Å². The van der Waals surface area contributed by atoms with Crippen molar-refractivity contribution >= 4 is 48.4 Å². The van der Waals surface area contributed by atoms with Crippen LogP contribution in [0.5, 0.6) is 5.75 Å². The fourth-order valence-corrected chi connectivity index (χ4v) is 5.46. The minimum absolute atomic E-state index is 0.0640. The van der Waals surface area contributed by atoms with E-state index >= 15 is 0 Å². The highest BCUT2D eigenvalue weighted by molar-refractivity contribution is 6.89. The Kier molecular flexibility index (Phi) is 7.11. The lowest BCUT2D eigenvalue weighted by molar-refractivity contribution is -0.129. The van der Waals surface area contributed by atoms with Gasteiger partial charge in [0.2, 0.25) is 11.8 Å². The molecule has 0 atom stereocenters. The van der Waals surface area contributed by atoms with Crippen molar-refractivity contribution in [3.8, 4) is 16.9 Å².